The van der Waals surface area contributed by atoms with Crippen LogP contribution in [0.3, 0.4) is 0 Å². The van der Waals surface area contributed by atoms with Gasteiger partial charge in [-0.2, -0.15) is 5.26 Å². The molecule has 0 amide bonds. The molecule has 0 bridgehead atoms. The number of rotatable bonds is 4. The van der Waals surface area contributed by atoms with Gasteiger partial charge in [-0.3, -0.25) is 0 Å². The maximum atomic E-state index is 10.7. The molecular weight excluding hydrogens is 202 g/mol. The maximum absolute atomic E-state index is 10.7. The molecule has 1 aromatic carbocycles. The van der Waals surface area contributed by atoms with Crippen LogP contribution in [0, 0.1) is 11.3 Å². The number of hydrogen-bond donors (Lipinski definition) is 1. The first kappa shape index (κ1) is 12.0. The summed E-state index contributed by atoms with van der Waals surface area (Å²) < 4.78 is 0. The predicted molar refractivity (Wildman–Crippen MR) is 60.7 cm³/mol. The molecule has 0 saturated heterocycles. The fraction of sp³-hybridized carbons (Fsp3) is 0.231. The number of nitriles is 1. The van der Waals surface area contributed by atoms with E-state index in [2.05, 4.69) is 0 Å². The molecule has 3 heteroatoms. The highest BCUT2D eigenvalue weighted by molar-refractivity contribution is 5.91. The standard InChI is InChI=1S/C13H13NO2/c1-10(12(9-14)13(15)16)7-8-11-5-3-2-4-6-11/h2-6H,7-8H2,1H3,(H,15,16)/b12-10+. The van der Waals surface area contributed by atoms with E-state index in [4.69, 9.17) is 10.4 Å². The number of aryl methyl sites for hydroxylation is 1. The van der Waals surface area contributed by atoms with Crippen LogP contribution in [0.1, 0.15) is 18.9 Å². The van der Waals surface area contributed by atoms with Crippen molar-refractivity contribution >= 4 is 5.97 Å². The van der Waals surface area contributed by atoms with Crippen LogP contribution >= 0.6 is 0 Å². The number of benzene rings is 1. The number of hydrogen-bond acceptors (Lipinski definition) is 2. The molecule has 0 spiro atoms. The second-order valence-corrected chi connectivity index (χ2v) is 3.56. The second kappa shape index (κ2) is 5.72. The summed E-state index contributed by atoms with van der Waals surface area (Å²) in [6, 6.07) is 11.5. The Kier molecular flexibility index (Phi) is 4.28. The lowest BCUT2D eigenvalue weighted by molar-refractivity contribution is -0.132. The summed E-state index contributed by atoms with van der Waals surface area (Å²) in [4.78, 5) is 10.7. The van der Waals surface area contributed by atoms with Crippen molar-refractivity contribution in [1.82, 2.24) is 0 Å². The van der Waals surface area contributed by atoms with Gasteiger partial charge < -0.3 is 5.11 Å². The normalized spacial score (nSPS) is 11.5. The van der Waals surface area contributed by atoms with Gasteiger partial charge in [-0.25, -0.2) is 4.79 Å². The van der Waals surface area contributed by atoms with Crippen molar-refractivity contribution in [3.8, 4) is 6.07 Å². The Morgan fingerprint density at radius 1 is 1.38 bits per heavy atom. The predicted octanol–water partition coefficient (Wildman–Crippen LogP) is 2.54. The third-order valence-electron chi connectivity index (χ3n) is 2.38. The van der Waals surface area contributed by atoms with Gasteiger partial charge in [0.25, 0.3) is 0 Å². The molecule has 0 radical (unpaired) electrons. The Morgan fingerprint density at radius 2 is 2.00 bits per heavy atom. The molecule has 0 unspecified atom stereocenters. The van der Waals surface area contributed by atoms with E-state index >= 15 is 0 Å². The molecular formula is C13H13NO2. The Labute approximate surface area is 94.6 Å². The molecule has 0 aliphatic heterocycles. The van der Waals surface area contributed by atoms with E-state index in [0.29, 0.717) is 12.0 Å². The smallest absolute Gasteiger partial charge is 0.346 e. The van der Waals surface area contributed by atoms with Gasteiger partial charge in [-0.15, -0.1) is 0 Å². The molecule has 0 aliphatic rings. The number of carboxylic acid groups (broad SMARTS) is 1. The van der Waals surface area contributed by atoms with Gasteiger partial charge in [0.15, 0.2) is 0 Å². The Balaban J connectivity index is 2.69. The van der Waals surface area contributed by atoms with Gasteiger partial charge in [0, 0.05) is 0 Å². The average Bonchev–Trinajstić information content (AvgIpc) is 2.28. The summed E-state index contributed by atoms with van der Waals surface area (Å²) in [7, 11) is 0. The number of aliphatic carboxylic acids is 1. The summed E-state index contributed by atoms with van der Waals surface area (Å²) >= 11 is 0. The lowest BCUT2D eigenvalue weighted by atomic mass is 10.0. The number of nitrogens with zero attached hydrogens (tertiary/aromatic N) is 1. The summed E-state index contributed by atoms with van der Waals surface area (Å²) in [6.07, 6.45) is 1.35. The molecule has 0 aliphatic carbocycles. The fourth-order valence-electron chi connectivity index (χ4n) is 1.43. The van der Waals surface area contributed by atoms with Gasteiger partial charge in [-0.05, 0) is 30.9 Å². The zero-order valence-electron chi connectivity index (χ0n) is 9.10. The minimum Gasteiger partial charge on any atom is -0.477 e. The highest BCUT2D eigenvalue weighted by atomic mass is 16.4. The van der Waals surface area contributed by atoms with Gasteiger partial charge >= 0.3 is 5.97 Å². The largest absolute Gasteiger partial charge is 0.477 e. The van der Waals surface area contributed by atoms with Crippen molar-refractivity contribution in [3.05, 3.63) is 47.0 Å². The summed E-state index contributed by atoms with van der Waals surface area (Å²) in [5.41, 5.74) is 1.62. The molecule has 16 heavy (non-hydrogen) atoms. The number of allylic oxidation sites excluding steroid dienone is 1. The highest BCUT2D eigenvalue weighted by Gasteiger charge is 2.10. The third kappa shape index (κ3) is 3.25. The van der Waals surface area contributed by atoms with Crippen LogP contribution in [-0.4, -0.2) is 11.1 Å². The lowest BCUT2D eigenvalue weighted by Gasteiger charge is -2.02. The molecule has 3 nitrogen and oxygen atoms in total. The van der Waals surface area contributed by atoms with Gasteiger partial charge in [0.1, 0.15) is 11.6 Å². The summed E-state index contributed by atoms with van der Waals surface area (Å²) in [5.74, 6) is -1.15. The molecule has 0 fully saturated rings. The molecule has 0 saturated carbocycles. The van der Waals surface area contributed by atoms with Crippen molar-refractivity contribution in [3.63, 3.8) is 0 Å². The minimum absolute atomic E-state index is 0.143. The average molecular weight is 215 g/mol. The molecule has 82 valence electrons. The van der Waals surface area contributed by atoms with Crippen molar-refractivity contribution in [2.75, 3.05) is 0 Å². The van der Waals surface area contributed by atoms with Crippen LogP contribution in [0.15, 0.2) is 41.5 Å². The number of carboxylic acids is 1. The zero-order valence-corrected chi connectivity index (χ0v) is 9.10. The van der Waals surface area contributed by atoms with Crippen LogP contribution in [0.2, 0.25) is 0 Å². The van der Waals surface area contributed by atoms with Crippen LogP contribution in [0.4, 0.5) is 0 Å². The first-order valence-corrected chi connectivity index (χ1v) is 5.02. The van der Waals surface area contributed by atoms with E-state index in [1.165, 1.54) is 0 Å². The lowest BCUT2D eigenvalue weighted by Crippen LogP contribution is -2.02. The van der Waals surface area contributed by atoms with Crippen LogP contribution in [-0.2, 0) is 11.2 Å². The first-order valence-electron chi connectivity index (χ1n) is 5.02. The Bertz CT molecular complexity index is 441. The van der Waals surface area contributed by atoms with Crippen LogP contribution in [0.25, 0.3) is 0 Å². The molecule has 0 atom stereocenters. The number of carbonyl (C=O) groups is 1. The highest BCUT2D eigenvalue weighted by Crippen LogP contribution is 2.12. The molecule has 1 aromatic rings. The SMILES string of the molecule is C/C(CCc1ccccc1)=C(/C#N)C(=O)O. The maximum Gasteiger partial charge on any atom is 0.346 e. The molecule has 0 heterocycles. The monoisotopic (exact) mass is 215 g/mol. The van der Waals surface area contributed by atoms with E-state index in [1.807, 2.05) is 30.3 Å². The summed E-state index contributed by atoms with van der Waals surface area (Å²) in [5, 5.41) is 17.4. The molecule has 0 aromatic heterocycles. The van der Waals surface area contributed by atoms with Crippen molar-refractivity contribution in [2.24, 2.45) is 0 Å². The van der Waals surface area contributed by atoms with Crippen molar-refractivity contribution in [1.29, 1.82) is 5.26 Å². The topological polar surface area (TPSA) is 61.1 Å². The van der Waals surface area contributed by atoms with E-state index in [1.54, 1.807) is 13.0 Å². The molecule has 1 N–H and O–H groups in total. The van der Waals surface area contributed by atoms with E-state index < -0.39 is 5.97 Å². The van der Waals surface area contributed by atoms with Crippen molar-refractivity contribution < 1.29 is 9.90 Å². The second-order valence-electron chi connectivity index (χ2n) is 3.56. The van der Waals surface area contributed by atoms with Gasteiger partial charge in [0.2, 0.25) is 0 Å². The zero-order chi connectivity index (χ0) is 12.0. The summed E-state index contributed by atoms with van der Waals surface area (Å²) in [6.45, 7) is 1.69. The van der Waals surface area contributed by atoms with Crippen LogP contribution < -0.4 is 0 Å². The van der Waals surface area contributed by atoms with Crippen LogP contribution in [0.5, 0.6) is 0 Å². The first-order chi connectivity index (χ1) is 7.65. The third-order valence-corrected chi connectivity index (χ3v) is 2.38. The van der Waals surface area contributed by atoms with E-state index in [0.717, 1.165) is 12.0 Å². The minimum atomic E-state index is -1.15. The van der Waals surface area contributed by atoms with E-state index in [-0.39, 0.29) is 5.57 Å². The Hall–Kier alpha value is -2.08. The fourth-order valence-corrected chi connectivity index (χ4v) is 1.43. The molecule has 1 rings (SSSR count). The van der Waals surface area contributed by atoms with Gasteiger partial charge in [-0.1, -0.05) is 30.3 Å². The van der Waals surface area contributed by atoms with E-state index in [9.17, 15) is 4.79 Å². The Morgan fingerprint density at radius 3 is 2.50 bits per heavy atom. The van der Waals surface area contributed by atoms with Crippen molar-refractivity contribution in [2.45, 2.75) is 19.8 Å². The van der Waals surface area contributed by atoms with Gasteiger partial charge in [0.05, 0.1) is 0 Å². The quantitative estimate of drug-likeness (QED) is 0.620.